The zero-order valence-corrected chi connectivity index (χ0v) is 17.4. The number of benzene rings is 2. The van der Waals surface area contributed by atoms with Crippen molar-refractivity contribution in [2.24, 2.45) is 0 Å². The number of para-hydroxylation sites is 1. The van der Waals surface area contributed by atoms with Crippen LogP contribution in [0.4, 0.5) is 0 Å². The zero-order valence-electron chi connectivity index (χ0n) is 17.4. The van der Waals surface area contributed by atoms with Gasteiger partial charge >= 0.3 is 0 Å². The van der Waals surface area contributed by atoms with Crippen LogP contribution in [0.3, 0.4) is 0 Å². The normalized spacial score (nSPS) is 16.9. The first-order chi connectivity index (χ1) is 15.5. The van der Waals surface area contributed by atoms with E-state index in [1.54, 1.807) is 11.6 Å². The Morgan fingerprint density at radius 1 is 1.09 bits per heavy atom. The Kier molecular flexibility index (Phi) is 4.79. The van der Waals surface area contributed by atoms with Gasteiger partial charge in [0.05, 0.1) is 17.8 Å². The van der Waals surface area contributed by atoms with Gasteiger partial charge in [-0.3, -0.25) is 14.3 Å². The van der Waals surface area contributed by atoms with Gasteiger partial charge in [0.15, 0.2) is 11.4 Å². The highest BCUT2D eigenvalue weighted by Gasteiger charge is 2.39. The van der Waals surface area contributed by atoms with Gasteiger partial charge in [0.2, 0.25) is 5.43 Å². The Balaban J connectivity index is 1.80. The average molecular weight is 430 g/mol. The third kappa shape index (κ3) is 2.99. The summed E-state index contributed by atoms with van der Waals surface area (Å²) in [5, 5.41) is 25.6. The largest absolute Gasteiger partial charge is 0.502 e. The summed E-state index contributed by atoms with van der Waals surface area (Å²) in [6.45, 7) is 0.159. The number of hydrogen-bond donors (Lipinski definition) is 2. The molecule has 0 aliphatic carbocycles. The molecule has 0 fully saturated rings. The summed E-state index contributed by atoms with van der Waals surface area (Å²) >= 11 is 0. The maximum atomic E-state index is 12.8. The Labute approximate surface area is 183 Å². The van der Waals surface area contributed by atoms with Gasteiger partial charge in [0, 0.05) is 31.1 Å². The SMILES string of the molecule is CN1C[C@H]([C@H](c2ccccc2)c2cn(CO)c3ccccc23)n2ncc(=O)c(O)c2C1=O. The van der Waals surface area contributed by atoms with Crippen molar-refractivity contribution in [3.05, 3.63) is 94.0 Å². The van der Waals surface area contributed by atoms with Crippen molar-refractivity contribution in [3.8, 4) is 5.75 Å². The van der Waals surface area contributed by atoms with Crippen LogP contribution < -0.4 is 5.43 Å². The predicted molar refractivity (Wildman–Crippen MR) is 119 cm³/mol. The number of likely N-dealkylation sites (N-methyl/N-ethyl adjacent to an activating group) is 1. The summed E-state index contributed by atoms with van der Waals surface area (Å²) in [4.78, 5) is 26.4. The molecule has 0 radical (unpaired) electrons. The predicted octanol–water partition coefficient (Wildman–Crippen LogP) is 2.31. The molecule has 2 atom stereocenters. The molecule has 4 aromatic rings. The van der Waals surface area contributed by atoms with Gasteiger partial charge in [-0.1, -0.05) is 48.5 Å². The van der Waals surface area contributed by atoms with Crippen LogP contribution in [-0.2, 0) is 6.73 Å². The molecule has 2 aromatic heterocycles. The quantitative estimate of drug-likeness (QED) is 0.518. The lowest BCUT2D eigenvalue weighted by molar-refractivity contribution is 0.0686. The van der Waals surface area contributed by atoms with E-state index in [-0.39, 0.29) is 24.4 Å². The fourth-order valence-electron chi connectivity index (χ4n) is 4.69. The fraction of sp³-hybridized carbons (Fsp3) is 0.208. The number of hydrogen-bond acceptors (Lipinski definition) is 5. The minimum Gasteiger partial charge on any atom is -0.502 e. The highest BCUT2D eigenvalue weighted by atomic mass is 16.3. The van der Waals surface area contributed by atoms with E-state index in [1.807, 2.05) is 60.8 Å². The summed E-state index contributed by atoms with van der Waals surface area (Å²) in [6, 6.07) is 17.3. The van der Waals surface area contributed by atoms with Gasteiger partial charge in [-0.05, 0) is 17.2 Å². The number of aliphatic hydroxyl groups is 1. The van der Waals surface area contributed by atoms with Gasteiger partial charge in [0.1, 0.15) is 6.73 Å². The summed E-state index contributed by atoms with van der Waals surface area (Å²) in [5.74, 6) is -1.31. The van der Waals surface area contributed by atoms with E-state index in [9.17, 15) is 19.8 Å². The lowest BCUT2D eigenvalue weighted by atomic mass is 9.83. The number of aliphatic hydroxyl groups excluding tert-OH is 1. The minimum atomic E-state index is -0.688. The molecule has 0 unspecified atom stereocenters. The lowest BCUT2D eigenvalue weighted by Gasteiger charge is -2.37. The summed E-state index contributed by atoms with van der Waals surface area (Å²) < 4.78 is 3.25. The van der Waals surface area contributed by atoms with E-state index < -0.39 is 17.1 Å². The minimum absolute atomic E-state index is 0.108. The van der Waals surface area contributed by atoms with Crippen LogP contribution in [-0.4, -0.2) is 49.0 Å². The first-order valence-electron chi connectivity index (χ1n) is 10.3. The zero-order chi connectivity index (χ0) is 22.4. The van der Waals surface area contributed by atoms with Gasteiger partial charge in [-0.2, -0.15) is 5.10 Å². The first-order valence-corrected chi connectivity index (χ1v) is 10.3. The van der Waals surface area contributed by atoms with Crippen molar-refractivity contribution >= 4 is 16.8 Å². The van der Waals surface area contributed by atoms with Crippen molar-refractivity contribution in [1.29, 1.82) is 0 Å². The number of aromatic hydroxyl groups is 1. The number of rotatable bonds is 4. The van der Waals surface area contributed by atoms with Crippen LogP contribution >= 0.6 is 0 Å². The molecule has 8 heteroatoms. The van der Waals surface area contributed by atoms with Crippen molar-refractivity contribution in [1.82, 2.24) is 19.2 Å². The maximum absolute atomic E-state index is 12.8. The molecule has 8 nitrogen and oxygen atoms in total. The molecule has 0 saturated heterocycles. The van der Waals surface area contributed by atoms with Crippen LogP contribution in [0.25, 0.3) is 10.9 Å². The van der Waals surface area contributed by atoms with Crippen LogP contribution in [0.1, 0.15) is 33.6 Å². The number of carbonyl (C=O) groups is 1. The van der Waals surface area contributed by atoms with Crippen molar-refractivity contribution in [2.75, 3.05) is 13.6 Å². The van der Waals surface area contributed by atoms with Gasteiger partial charge in [-0.15, -0.1) is 0 Å². The molecular formula is C24H22N4O4. The number of carbonyl (C=O) groups excluding carboxylic acids is 1. The van der Waals surface area contributed by atoms with Gasteiger partial charge in [0.25, 0.3) is 5.91 Å². The Hall–Kier alpha value is -3.91. The van der Waals surface area contributed by atoms with Crippen LogP contribution in [0, 0.1) is 0 Å². The van der Waals surface area contributed by atoms with Crippen molar-refractivity contribution in [2.45, 2.75) is 18.7 Å². The molecule has 0 bridgehead atoms. The van der Waals surface area contributed by atoms with Crippen molar-refractivity contribution in [3.63, 3.8) is 0 Å². The van der Waals surface area contributed by atoms with E-state index in [2.05, 4.69) is 5.10 Å². The van der Waals surface area contributed by atoms with Gasteiger partial charge < -0.3 is 19.7 Å². The Morgan fingerprint density at radius 3 is 2.56 bits per heavy atom. The molecule has 32 heavy (non-hydrogen) atoms. The molecule has 162 valence electrons. The molecule has 1 amide bonds. The summed E-state index contributed by atoms with van der Waals surface area (Å²) in [5.41, 5.74) is 2.04. The molecule has 3 heterocycles. The molecule has 5 rings (SSSR count). The fourth-order valence-corrected chi connectivity index (χ4v) is 4.69. The topological polar surface area (TPSA) is 101 Å². The van der Waals surface area contributed by atoms with E-state index in [0.717, 1.165) is 28.2 Å². The lowest BCUT2D eigenvalue weighted by Crippen LogP contribution is -2.45. The molecule has 0 saturated carbocycles. The summed E-state index contributed by atoms with van der Waals surface area (Å²) in [6.07, 6.45) is 2.96. The highest BCUT2D eigenvalue weighted by molar-refractivity contribution is 5.95. The van der Waals surface area contributed by atoms with E-state index in [1.165, 1.54) is 9.58 Å². The molecule has 1 aliphatic rings. The van der Waals surface area contributed by atoms with Crippen molar-refractivity contribution < 1.29 is 15.0 Å². The second kappa shape index (κ2) is 7.65. The molecule has 1 aliphatic heterocycles. The Bertz CT molecular complexity index is 1380. The number of amides is 1. The average Bonchev–Trinajstić information content (AvgIpc) is 3.18. The van der Waals surface area contributed by atoms with Crippen LogP contribution in [0.2, 0.25) is 0 Å². The third-order valence-electron chi connectivity index (χ3n) is 6.16. The third-order valence-corrected chi connectivity index (χ3v) is 6.16. The summed E-state index contributed by atoms with van der Waals surface area (Å²) in [7, 11) is 1.65. The molecule has 2 N–H and O–H groups in total. The second-order valence-electron chi connectivity index (χ2n) is 8.00. The molecule has 0 spiro atoms. The highest BCUT2D eigenvalue weighted by Crippen LogP contribution is 2.42. The van der Waals surface area contributed by atoms with E-state index >= 15 is 0 Å². The molecule has 2 aromatic carbocycles. The second-order valence-corrected chi connectivity index (χ2v) is 8.00. The standard InChI is InChI=1S/C24H22N4O4/c1-26-13-19(28-22(24(26)32)23(31)20(30)11-25-28)21(15-7-3-2-4-8-15)17-12-27(14-29)18-10-6-5-9-16(17)18/h2-12,19,21,29,31H,13-14H2,1H3/t19-,21-/m1/s1. The smallest absolute Gasteiger partial charge is 0.275 e. The van der Waals surface area contributed by atoms with Crippen LogP contribution in [0.15, 0.2) is 71.8 Å². The van der Waals surface area contributed by atoms with Crippen LogP contribution in [0.5, 0.6) is 5.75 Å². The monoisotopic (exact) mass is 430 g/mol. The number of aromatic nitrogens is 3. The Morgan fingerprint density at radius 2 is 1.81 bits per heavy atom. The number of nitrogens with zero attached hydrogens (tertiary/aromatic N) is 4. The van der Waals surface area contributed by atoms with E-state index in [0.29, 0.717) is 6.54 Å². The van der Waals surface area contributed by atoms with E-state index in [4.69, 9.17) is 0 Å². The first kappa shape index (κ1) is 20.0. The maximum Gasteiger partial charge on any atom is 0.275 e. The molecular weight excluding hydrogens is 408 g/mol. The number of fused-ring (bicyclic) bond motifs is 2. The van der Waals surface area contributed by atoms with Gasteiger partial charge in [-0.25, -0.2) is 0 Å².